The fourth-order valence-electron chi connectivity index (χ4n) is 1.77. The van der Waals surface area contributed by atoms with E-state index in [1.165, 1.54) is 0 Å². The van der Waals surface area contributed by atoms with Crippen molar-refractivity contribution < 1.29 is 9.21 Å². The molecule has 0 aliphatic carbocycles. The van der Waals surface area contributed by atoms with Crippen LogP contribution in [0.1, 0.15) is 19.6 Å². The molecule has 0 saturated heterocycles. The molecule has 1 atom stereocenters. The van der Waals surface area contributed by atoms with Crippen molar-refractivity contribution in [3.63, 3.8) is 0 Å². The number of furan rings is 1. The zero-order valence-electron chi connectivity index (χ0n) is 11.1. The first-order valence-electron chi connectivity index (χ1n) is 6.29. The lowest BCUT2D eigenvalue weighted by Crippen LogP contribution is -2.37. The van der Waals surface area contributed by atoms with Crippen LogP contribution in [-0.2, 0) is 13.0 Å². The average molecular weight is 262 g/mol. The van der Waals surface area contributed by atoms with Crippen LogP contribution in [0.3, 0.4) is 0 Å². The molecule has 2 aromatic heterocycles. The maximum Gasteiger partial charge on any atom is 0.319 e. The molecule has 2 N–H and O–H groups in total. The lowest BCUT2D eigenvalue weighted by molar-refractivity contribution is 0.248. The van der Waals surface area contributed by atoms with Gasteiger partial charge in [0.25, 0.3) is 0 Å². The van der Waals surface area contributed by atoms with Gasteiger partial charge in [-0.05, 0) is 26.0 Å². The van der Waals surface area contributed by atoms with E-state index in [9.17, 15) is 4.79 Å². The Morgan fingerprint density at radius 3 is 3.05 bits per heavy atom. The van der Waals surface area contributed by atoms with E-state index in [1.54, 1.807) is 23.3 Å². The van der Waals surface area contributed by atoms with Crippen molar-refractivity contribution in [3.05, 3.63) is 36.5 Å². The van der Waals surface area contributed by atoms with Crippen LogP contribution < -0.4 is 10.6 Å². The molecular formula is C13H18N4O2. The summed E-state index contributed by atoms with van der Waals surface area (Å²) in [5, 5.41) is 9.68. The van der Waals surface area contributed by atoms with E-state index >= 15 is 0 Å². The van der Waals surface area contributed by atoms with E-state index < -0.39 is 0 Å². The SMILES string of the molecule is CCn1cc(NC(=O)N[C@H](C)Cc2ccco2)cn1. The topological polar surface area (TPSA) is 72.1 Å². The first kappa shape index (κ1) is 13.2. The molecule has 0 saturated carbocycles. The normalized spacial score (nSPS) is 12.1. The second-order valence-electron chi connectivity index (χ2n) is 4.37. The van der Waals surface area contributed by atoms with Crippen molar-refractivity contribution in [1.82, 2.24) is 15.1 Å². The highest BCUT2D eigenvalue weighted by atomic mass is 16.3. The number of hydrogen-bond acceptors (Lipinski definition) is 3. The molecule has 0 aromatic carbocycles. The fourth-order valence-corrected chi connectivity index (χ4v) is 1.77. The Hall–Kier alpha value is -2.24. The molecule has 2 heterocycles. The predicted octanol–water partition coefficient (Wildman–Crippen LogP) is 2.25. The molecule has 0 aliphatic heterocycles. The smallest absolute Gasteiger partial charge is 0.319 e. The van der Waals surface area contributed by atoms with Crippen LogP contribution in [0.2, 0.25) is 0 Å². The first-order valence-corrected chi connectivity index (χ1v) is 6.29. The number of rotatable bonds is 5. The van der Waals surface area contributed by atoms with Crippen LogP contribution in [0.4, 0.5) is 10.5 Å². The summed E-state index contributed by atoms with van der Waals surface area (Å²) >= 11 is 0. The van der Waals surface area contributed by atoms with Gasteiger partial charge in [0.15, 0.2) is 0 Å². The number of carbonyl (C=O) groups excluding carboxylic acids is 1. The van der Waals surface area contributed by atoms with Crippen molar-refractivity contribution in [2.75, 3.05) is 5.32 Å². The van der Waals surface area contributed by atoms with Gasteiger partial charge in [-0.15, -0.1) is 0 Å². The van der Waals surface area contributed by atoms with Crippen LogP contribution in [0.15, 0.2) is 35.2 Å². The number of aromatic nitrogens is 2. The number of nitrogens with zero attached hydrogens (tertiary/aromatic N) is 2. The Balaban J connectivity index is 1.80. The number of anilines is 1. The standard InChI is InChI=1S/C13H18N4O2/c1-3-17-9-11(8-14-17)16-13(18)15-10(2)7-12-5-4-6-19-12/h4-6,8-10H,3,7H2,1-2H3,(H2,15,16,18)/t10-/m1/s1. The third-order valence-electron chi connectivity index (χ3n) is 2.68. The monoisotopic (exact) mass is 262 g/mol. The summed E-state index contributed by atoms with van der Waals surface area (Å²) in [6, 6.07) is 3.48. The molecule has 6 nitrogen and oxygen atoms in total. The number of urea groups is 1. The van der Waals surface area contributed by atoms with Crippen molar-refractivity contribution >= 4 is 11.7 Å². The van der Waals surface area contributed by atoms with Crippen molar-refractivity contribution in [2.45, 2.75) is 32.9 Å². The molecule has 0 radical (unpaired) electrons. The Bertz CT molecular complexity index is 518. The summed E-state index contributed by atoms with van der Waals surface area (Å²) < 4.78 is 6.99. The molecule has 0 bridgehead atoms. The molecule has 102 valence electrons. The summed E-state index contributed by atoms with van der Waals surface area (Å²) in [7, 11) is 0. The molecule has 2 rings (SSSR count). The molecule has 6 heteroatoms. The maximum absolute atomic E-state index is 11.8. The third kappa shape index (κ3) is 3.87. The van der Waals surface area contributed by atoms with Gasteiger partial charge in [-0.3, -0.25) is 4.68 Å². The summed E-state index contributed by atoms with van der Waals surface area (Å²) in [6.45, 7) is 4.69. The number of nitrogens with one attached hydrogen (secondary N) is 2. The molecule has 0 unspecified atom stereocenters. The van der Waals surface area contributed by atoms with E-state index in [-0.39, 0.29) is 12.1 Å². The van der Waals surface area contributed by atoms with Gasteiger partial charge in [-0.2, -0.15) is 5.10 Å². The van der Waals surface area contributed by atoms with E-state index in [0.717, 1.165) is 12.3 Å². The van der Waals surface area contributed by atoms with Crippen LogP contribution in [0, 0.1) is 0 Å². The zero-order chi connectivity index (χ0) is 13.7. The summed E-state index contributed by atoms with van der Waals surface area (Å²) in [5.74, 6) is 0.853. The molecule has 2 aromatic rings. The van der Waals surface area contributed by atoms with E-state index in [2.05, 4.69) is 15.7 Å². The molecule has 0 fully saturated rings. The molecule has 19 heavy (non-hydrogen) atoms. The summed E-state index contributed by atoms with van der Waals surface area (Å²) in [5.41, 5.74) is 0.685. The van der Waals surface area contributed by atoms with Gasteiger partial charge < -0.3 is 15.1 Å². The minimum absolute atomic E-state index is 0.00706. The van der Waals surface area contributed by atoms with Crippen LogP contribution in [0.5, 0.6) is 0 Å². The zero-order valence-corrected chi connectivity index (χ0v) is 11.1. The van der Waals surface area contributed by atoms with Crippen molar-refractivity contribution in [3.8, 4) is 0 Å². The average Bonchev–Trinajstić information content (AvgIpc) is 3.00. The quantitative estimate of drug-likeness (QED) is 0.868. The van der Waals surface area contributed by atoms with Gasteiger partial charge in [-0.25, -0.2) is 4.79 Å². The maximum atomic E-state index is 11.8. The van der Waals surface area contributed by atoms with Gasteiger partial charge in [-0.1, -0.05) is 0 Å². The minimum Gasteiger partial charge on any atom is -0.469 e. The van der Waals surface area contributed by atoms with Gasteiger partial charge in [0.1, 0.15) is 5.76 Å². The summed E-state index contributed by atoms with van der Waals surface area (Å²) in [4.78, 5) is 11.8. The second-order valence-corrected chi connectivity index (χ2v) is 4.37. The number of amides is 2. The second kappa shape index (κ2) is 6.08. The minimum atomic E-state index is -0.241. The van der Waals surface area contributed by atoms with Gasteiger partial charge >= 0.3 is 6.03 Å². The highest BCUT2D eigenvalue weighted by molar-refractivity contribution is 5.89. The lowest BCUT2D eigenvalue weighted by atomic mass is 10.2. The molecule has 0 spiro atoms. The number of carbonyl (C=O) groups is 1. The highest BCUT2D eigenvalue weighted by Crippen LogP contribution is 2.06. The Kier molecular flexibility index (Phi) is 4.22. The van der Waals surface area contributed by atoms with Crippen LogP contribution in [0.25, 0.3) is 0 Å². The molecular weight excluding hydrogens is 244 g/mol. The van der Waals surface area contributed by atoms with Crippen molar-refractivity contribution in [2.24, 2.45) is 0 Å². The summed E-state index contributed by atoms with van der Waals surface area (Å²) in [6.07, 6.45) is 5.70. The third-order valence-corrected chi connectivity index (χ3v) is 2.68. The highest BCUT2D eigenvalue weighted by Gasteiger charge is 2.10. The van der Waals surface area contributed by atoms with Gasteiger partial charge in [0, 0.05) is 25.2 Å². The number of hydrogen-bond donors (Lipinski definition) is 2. The van der Waals surface area contributed by atoms with Crippen LogP contribution >= 0.6 is 0 Å². The predicted molar refractivity (Wildman–Crippen MR) is 71.9 cm³/mol. The van der Waals surface area contributed by atoms with Gasteiger partial charge in [0.2, 0.25) is 0 Å². The number of aryl methyl sites for hydroxylation is 1. The van der Waals surface area contributed by atoms with E-state index in [0.29, 0.717) is 12.1 Å². The Morgan fingerprint density at radius 2 is 2.42 bits per heavy atom. The first-order chi connectivity index (χ1) is 9.17. The van der Waals surface area contributed by atoms with Gasteiger partial charge in [0.05, 0.1) is 18.1 Å². The van der Waals surface area contributed by atoms with Crippen molar-refractivity contribution in [1.29, 1.82) is 0 Å². The molecule has 2 amide bonds. The fraction of sp³-hybridized carbons (Fsp3) is 0.385. The van der Waals surface area contributed by atoms with Crippen LogP contribution in [-0.4, -0.2) is 21.9 Å². The lowest BCUT2D eigenvalue weighted by Gasteiger charge is -2.12. The van der Waals surface area contributed by atoms with E-state index in [4.69, 9.17) is 4.42 Å². The molecule has 0 aliphatic rings. The Labute approximate surface area is 111 Å². The largest absolute Gasteiger partial charge is 0.469 e. The Morgan fingerprint density at radius 1 is 1.58 bits per heavy atom. The van der Waals surface area contributed by atoms with E-state index in [1.807, 2.05) is 26.0 Å².